The minimum atomic E-state index is 0.483. The predicted molar refractivity (Wildman–Crippen MR) is 76.1 cm³/mol. The number of rotatable bonds is 2. The van der Waals surface area contributed by atoms with E-state index in [0.29, 0.717) is 22.0 Å². The Morgan fingerprint density at radius 3 is 2.41 bits per heavy atom. The lowest BCUT2D eigenvalue weighted by Crippen LogP contribution is -2.33. The molecule has 0 spiro atoms. The van der Waals surface area contributed by atoms with E-state index in [1.54, 1.807) is 0 Å². The Bertz CT molecular complexity index is 372. The summed E-state index contributed by atoms with van der Waals surface area (Å²) in [5.74, 6) is 1.46. The number of hydrogen-bond acceptors (Lipinski definition) is 1. The minimum absolute atomic E-state index is 0.483. The van der Waals surface area contributed by atoms with Crippen LogP contribution in [0.2, 0.25) is 10.0 Å². The van der Waals surface area contributed by atoms with Crippen molar-refractivity contribution in [3.8, 4) is 0 Å². The van der Waals surface area contributed by atoms with Gasteiger partial charge in [0.1, 0.15) is 0 Å². The largest absolute Gasteiger partial charge is 0.380 e. The second kappa shape index (κ2) is 5.49. The van der Waals surface area contributed by atoms with E-state index in [-0.39, 0.29) is 0 Å². The summed E-state index contributed by atoms with van der Waals surface area (Å²) in [5.41, 5.74) is 0.891. The molecule has 3 heteroatoms. The van der Waals surface area contributed by atoms with Crippen molar-refractivity contribution >= 4 is 28.9 Å². The van der Waals surface area contributed by atoms with E-state index in [4.69, 9.17) is 23.2 Å². The van der Waals surface area contributed by atoms with Gasteiger partial charge < -0.3 is 5.32 Å². The van der Waals surface area contributed by atoms with Crippen LogP contribution in [0.15, 0.2) is 18.2 Å². The van der Waals surface area contributed by atoms with E-state index >= 15 is 0 Å². The summed E-state index contributed by atoms with van der Waals surface area (Å²) in [7, 11) is 0. The van der Waals surface area contributed by atoms with Crippen LogP contribution in [0.1, 0.15) is 33.1 Å². The zero-order valence-electron chi connectivity index (χ0n) is 10.3. The van der Waals surface area contributed by atoms with E-state index in [9.17, 15) is 0 Å². The standard InChI is InChI=1S/C14H19Cl2N/c1-9-6-7-10(2)13(8-9)17-14-11(15)4-3-5-12(14)16/h3-5,9-10,13,17H,6-8H2,1-2H3. The maximum atomic E-state index is 6.19. The third-order valence-electron chi connectivity index (χ3n) is 3.75. The number of nitrogens with one attached hydrogen (secondary N) is 1. The fourth-order valence-electron chi connectivity index (χ4n) is 2.55. The molecule has 1 N–H and O–H groups in total. The monoisotopic (exact) mass is 271 g/mol. The highest BCUT2D eigenvalue weighted by molar-refractivity contribution is 6.39. The van der Waals surface area contributed by atoms with Crippen molar-refractivity contribution < 1.29 is 0 Å². The average Bonchev–Trinajstić information content (AvgIpc) is 2.28. The van der Waals surface area contributed by atoms with Gasteiger partial charge in [-0.25, -0.2) is 0 Å². The van der Waals surface area contributed by atoms with Gasteiger partial charge >= 0.3 is 0 Å². The molecule has 0 saturated heterocycles. The zero-order valence-corrected chi connectivity index (χ0v) is 11.9. The molecule has 1 aliphatic carbocycles. The summed E-state index contributed by atoms with van der Waals surface area (Å²) in [4.78, 5) is 0. The summed E-state index contributed by atoms with van der Waals surface area (Å²) in [6, 6.07) is 6.12. The van der Waals surface area contributed by atoms with Gasteiger partial charge in [-0.2, -0.15) is 0 Å². The van der Waals surface area contributed by atoms with Gasteiger partial charge in [-0.3, -0.25) is 0 Å². The normalized spacial score (nSPS) is 29.1. The first-order chi connectivity index (χ1) is 8.08. The Morgan fingerprint density at radius 2 is 1.76 bits per heavy atom. The Balaban J connectivity index is 2.14. The van der Waals surface area contributed by atoms with Gasteiger partial charge in [-0.05, 0) is 36.8 Å². The molecule has 1 aliphatic rings. The molecular formula is C14H19Cl2N. The van der Waals surface area contributed by atoms with E-state index in [1.165, 1.54) is 19.3 Å². The van der Waals surface area contributed by atoms with Crippen molar-refractivity contribution in [1.29, 1.82) is 0 Å². The van der Waals surface area contributed by atoms with Crippen molar-refractivity contribution in [1.82, 2.24) is 0 Å². The zero-order chi connectivity index (χ0) is 12.4. The Labute approximate surface area is 114 Å². The van der Waals surface area contributed by atoms with Gasteiger partial charge in [-0.1, -0.05) is 49.5 Å². The van der Waals surface area contributed by atoms with Crippen LogP contribution in [0.5, 0.6) is 0 Å². The van der Waals surface area contributed by atoms with Crippen LogP contribution >= 0.6 is 23.2 Å². The van der Waals surface area contributed by atoms with E-state index in [2.05, 4.69) is 19.2 Å². The number of anilines is 1. The summed E-state index contributed by atoms with van der Waals surface area (Å²) >= 11 is 12.4. The molecule has 3 atom stereocenters. The SMILES string of the molecule is CC1CCC(C)C(Nc2c(Cl)cccc2Cl)C1. The maximum absolute atomic E-state index is 6.19. The van der Waals surface area contributed by atoms with Crippen LogP contribution in [0.25, 0.3) is 0 Å². The van der Waals surface area contributed by atoms with Crippen molar-refractivity contribution in [2.24, 2.45) is 11.8 Å². The van der Waals surface area contributed by atoms with Crippen molar-refractivity contribution in [3.63, 3.8) is 0 Å². The molecule has 1 nitrogen and oxygen atoms in total. The molecule has 0 amide bonds. The van der Waals surface area contributed by atoms with Crippen LogP contribution in [-0.2, 0) is 0 Å². The van der Waals surface area contributed by atoms with Crippen LogP contribution in [0.4, 0.5) is 5.69 Å². The number of hydrogen-bond donors (Lipinski definition) is 1. The number of benzene rings is 1. The van der Waals surface area contributed by atoms with Crippen LogP contribution in [0.3, 0.4) is 0 Å². The molecule has 0 radical (unpaired) electrons. The van der Waals surface area contributed by atoms with Gasteiger partial charge in [0.2, 0.25) is 0 Å². The lowest BCUT2D eigenvalue weighted by Gasteiger charge is -2.34. The smallest absolute Gasteiger partial charge is 0.0721 e. The number of halogens is 2. The van der Waals surface area contributed by atoms with Crippen molar-refractivity contribution in [2.75, 3.05) is 5.32 Å². The van der Waals surface area contributed by atoms with E-state index in [0.717, 1.165) is 11.6 Å². The molecule has 1 aromatic carbocycles. The summed E-state index contributed by atoms with van der Waals surface area (Å²) in [6.45, 7) is 4.61. The molecule has 2 rings (SSSR count). The molecule has 3 unspecified atom stereocenters. The second-order valence-electron chi connectivity index (χ2n) is 5.24. The quantitative estimate of drug-likeness (QED) is 0.777. The highest BCUT2D eigenvalue weighted by Crippen LogP contribution is 2.35. The average molecular weight is 272 g/mol. The van der Waals surface area contributed by atoms with Gasteiger partial charge in [0.25, 0.3) is 0 Å². The first kappa shape index (κ1) is 13.0. The van der Waals surface area contributed by atoms with Gasteiger partial charge in [0.15, 0.2) is 0 Å². The third-order valence-corrected chi connectivity index (χ3v) is 4.38. The summed E-state index contributed by atoms with van der Waals surface area (Å²) in [6.07, 6.45) is 3.80. The maximum Gasteiger partial charge on any atom is 0.0721 e. The highest BCUT2D eigenvalue weighted by Gasteiger charge is 2.26. The molecular weight excluding hydrogens is 253 g/mol. The molecule has 0 aliphatic heterocycles. The Morgan fingerprint density at radius 1 is 1.12 bits per heavy atom. The van der Waals surface area contributed by atoms with E-state index < -0.39 is 0 Å². The molecule has 17 heavy (non-hydrogen) atoms. The van der Waals surface area contributed by atoms with Gasteiger partial charge in [0.05, 0.1) is 15.7 Å². The van der Waals surface area contributed by atoms with Crippen LogP contribution in [0, 0.1) is 11.8 Å². The van der Waals surface area contributed by atoms with Crippen molar-refractivity contribution in [2.45, 2.75) is 39.2 Å². The number of para-hydroxylation sites is 1. The summed E-state index contributed by atoms with van der Waals surface area (Å²) < 4.78 is 0. The lowest BCUT2D eigenvalue weighted by atomic mass is 9.80. The fourth-order valence-corrected chi connectivity index (χ4v) is 3.06. The van der Waals surface area contributed by atoms with Crippen LogP contribution < -0.4 is 5.32 Å². The highest BCUT2D eigenvalue weighted by atomic mass is 35.5. The van der Waals surface area contributed by atoms with E-state index in [1.807, 2.05) is 18.2 Å². The first-order valence-corrected chi connectivity index (χ1v) is 7.04. The second-order valence-corrected chi connectivity index (χ2v) is 6.06. The minimum Gasteiger partial charge on any atom is -0.380 e. The molecule has 94 valence electrons. The summed E-state index contributed by atoms with van der Waals surface area (Å²) in [5, 5.41) is 4.96. The first-order valence-electron chi connectivity index (χ1n) is 6.28. The van der Waals surface area contributed by atoms with Crippen molar-refractivity contribution in [3.05, 3.63) is 28.2 Å². The molecule has 1 aromatic rings. The Hall–Kier alpha value is -0.400. The topological polar surface area (TPSA) is 12.0 Å². The molecule has 0 aromatic heterocycles. The molecule has 0 heterocycles. The third kappa shape index (κ3) is 3.08. The molecule has 0 bridgehead atoms. The van der Waals surface area contributed by atoms with Crippen LogP contribution in [-0.4, -0.2) is 6.04 Å². The van der Waals surface area contributed by atoms with Gasteiger partial charge in [0, 0.05) is 6.04 Å². The molecule has 1 saturated carbocycles. The fraction of sp³-hybridized carbons (Fsp3) is 0.571. The predicted octanol–water partition coefficient (Wildman–Crippen LogP) is 5.23. The lowest BCUT2D eigenvalue weighted by molar-refractivity contribution is 0.281. The van der Waals surface area contributed by atoms with Gasteiger partial charge in [-0.15, -0.1) is 0 Å². The Kier molecular flexibility index (Phi) is 4.22. The molecule has 1 fully saturated rings.